The number of hydrogen-bond donors (Lipinski definition) is 1. The summed E-state index contributed by atoms with van der Waals surface area (Å²) in [4.78, 5) is 11.6. The number of esters is 1. The van der Waals surface area contributed by atoms with E-state index < -0.39 is 16.0 Å². The number of benzene rings is 2. The number of carbonyl (C=O) groups excluding carboxylic acids is 1. The molecular formula is C21H22ClNO4S. The molecule has 0 aromatic heterocycles. The first-order valence-electron chi connectivity index (χ1n) is 8.95. The van der Waals surface area contributed by atoms with E-state index in [-0.39, 0.29) is 10.9 Å². The number of hydrogen-bond acceptors (Lipinski definition) is 4. The Morgan fingerprint density at radius 3 is 2.61 bits per heavy atom. The molecule has 5 nitrogen and oxygen atoms in total. The number of methoxy groups -OCH3 is 1. The quantitative estimate of drug-likeness (QED) is 0.592. The lowest BCUT2D eigenvalue weighted by atomic mass is 9.84. The van der Waals surface area contributed by atoms with Gasteiger partial charge in [-0.05, 0) is 78.8 Å². The van der Waals surface area contributed by atoms with Gasteiger partial charge in [0.05, 0.1) is 12.0 Å². The molecule has 1 unspecified atom stereocenters. The Kier molecular flexibility index (Phi) is 6.23. The summed E-state index contributed by atoms with van der Waals surface area (Å²) in [6.45, 7) is 1.99. The molecule has 0 saturated heterocycles. The maximum atomic E-state index is 12.6. The Bertz CT molecular complexity index is 1010. The Labute approximate surface area is 170 Å². The standard InChI is InChI=1S/C21H22ClNO4S/c1-14-3-4-15-13-17(7-10-20(15)19(14)11-12-21(24)27-2)23-28(25,26)18-8-5-16(22)6-9-18/h3-6,8-9,11-12,17,23H,7,10,13H2,1-2H3. The van der Waals surface area contributed by atoms with Crippen LogP contribution in [0.4, 0.5) is 0 Å². The molecule has 1 aliphatic rings. The molecule has 2 aromatic carbocycles. The van der Waals surface area contributed by atoms with Crippen LogP contribution in [0.1, 0.15) is 28.7 Å². The minimum absolute atomic E-state index is 0.187. The summed E-state index contributed by atoms with van der Waals surface area (Å²) in [5.74, 6) is -0.401. The van der Waals surface area contributed by atoms with E-state index in [4.69, 9.17) is 11.6 Å². The van der Waals surface area contributed by atoms with E-state index in [1.807, 2.05) is 19.1 Å². The van der Waals surface area contributed by atoms with E-state index in [1.54, 1.807) is 18.2 Å². The van der Waals surface area contributed by atoms with Gasteiger partial charge in [-0.25, -0.2) is 17.9 Å². The van der Waals surface area contributed by atoms with Crippen molar-refractivity contribution in [2.45, 2.75) is 37.1 Å². The van der Waals surface area contributed by atoms with Gasteiger partial charge >= 0.3 is 5.97 Å². The van der Waals surface area contributed by atoms with Gasteiger partial charge in [-0.3, -0.25) is 0 Å². The zero-order valence-corrected chi connectivity index (χ0v) is 17.3. The molecule has 1 N–H and O–H groups in total. The maximum Gasteiger partial charge on any atom is 0.330 e. The number of halogens is 1. The highest BCUT2D eigenvalue weighted by molar-refractivity contribution is 7.89. The van der Waals surface area contributed by atoms with Crippen molar-refractivity contribution in [2.24, 2.45) is 0 Å². The molecule has 0 saturated carbocycles. The maximum absolute atomic E-state index is 12.6. The van der Waals surface area contributed by atoms with E-state index in [2.05, 4.69) is 9.46 Å². The van der Waals surface area contributed by atoms with Crippen LogP contribution in [0.3, 0.4) is 0 Å². The average molecular weight is 420 g/mol. The average Bonchev–Trinajstić information content (AvgIpc) is 2.67. The summed E-state index contributed by atoms with van der Waals surface area (Å²) in [5.41, 5.74) is 4.31. The van der Waals surface area contributed by atoms with Gasteiger partial charge in [-0.1, -0.05) is 23.7 Å². The molecule has 0 spiro atoms. The summed E-state index contributed by atoms with van der Waals surface area (Å²) in [6, 6.07) is 9.97. The SMILES string of the molecule is COC(=O)C=Cc1c(C)ccc2c1CCC(NS(=O)(=O)c1ccc(Cl)cc1)C2. The molecule has 1 aliphatic carbocycles. The monoisotopic (exact) mass is 419 g/mol. The van der Waals surface area contributed by atoms with Crippen molar-refractivity contribution in [2.75, 3.05) is 7.11 Å². The summed E-state index contributed by atoms with van der Waals surface area (Å²) in [6.07, 6.45) is 5.20. The summed E-state index contributed by atoms with van der Waals surface area (Å²) in [5, 5.41) is 0.494. The van der Waals surface area contributed by atoms with Gasteiger partial charge in [0.1, 0.15) is 0 Å². The van der Waals surface area contributed by atoms with Gasteiger partial charge in [0.2, 0.25) is 10.0 Å². The van der Waals surface area contributed by atoms with Crippen molar-refractivity contribution in [3.8, 4) is 0 Å². The minimum Gasteiger partial charge on any atom is -0.466 e. The molecule has 0 fully saturated rings. The molecule has 0 aliphatic heterocycles. The van der Waals surface area contributed by atoms with Crippen LogP contribution in [0.25, 0.3) is 6.08 Å². The van der Waals surface area contributed by atoms with E-state index in [9.17, 15) is 13.2 Å². The normalized spacial score (nSPS) is 16.8. The van der Waals surface area contributed by atoms with Crippen molar-refractivity contribution in [3.63, 3.8) is 0 Å². The number of fused-ring (bicyclic) bond motifs is 1. The third kappa shape index (κ3) is 4.63. The molecule has 0 radical (unpaired) electrons. The molecule has 0 bridgehead atoms. The largest absolute Gasteiger partial charge is 0.466 e. The first-order chi connectivity index (χ1) is 13.3. The molecule has 148 valence electrons. The van der Waals surface area contributed by atoms with E-state index in [0.717, 1.165) is 28.7 Å². The predicted molar refractivity (Wildman–Crippen MR) is 110 cm³/mol. The molecule has 0 heterocycles. The van der Waals surface area contributed by atoms with Crippen molar-refractivity contribution in [1.82, 2.24) is 4.72 Å². The second-order valence-electron chi connectivity index (χ2n) is 6.81. The lowest BCUT2D eigenvalue weighted by Gasteiger charge is -2.27. The number of rotatable bonds is 5. The third-order valence-corrected chi connectivity index (χ3v) is 6.70. The highest BCUT2D eigenvalue weighted by atomic mass is 35.5. The fraction of sp³-hybridized carbons (Fsp3) is 0.286. The summed E-state index contributed by atoms with van der Waals surface area (Å²) >= 11 is 5.84. The van der Waals surface area contributed by atoms with Crippen LogP contribution in [-0.2, 0) is 32.4 Å². The van der Waals surface area contributed by atoms with Crippen LogP contribution in [0.15, 0.2) is 47.4 Å². The molecule has 2 aromatic rings. The fourth-order valence-electron chi connectivity index (χ4n) is 3.45. The molecule has 7 heteroatoms. The van der Waals surface area contributed by atoms with Crippen LogP contribution in [0, 0.1) is 6.92 Å². The fourth-order valence-corrected chi connectivity index (χ4v) is 4.85. The second kappa shape index (κ2) is 8.47. The number of ether oxygens (including phenoxy) is 1. The number of aryl methyl sites for hydroxylation is 1. The molecular weight excluding hydrogens is 398 g/mol. The summed E-state index contributed by atoms with van der Waals surface area (Å²) < 4.78 is 32.7. The van der Waals surface area contributed by atoms with Gasteiger partial charge < -0.3 is 4.74 Å². The summed E-state index contributed by atoms with van der Waals surface area (Å²) in [7, 11) is -2.26. The highest BCUT2D eigenvalue weighted by Crippen LogP contribution is 2.29. The van der Waals surface area contributed by atoms with E-state index in [0.29, 0.717) is 17.9 Å². The van der Waals surface area contributed by atoms with Gasteiger partial charge in [-0.2, -0.15) is 0 Å². The minimum atomic E-state index is -3.61. The topological polar surface area (TPSA) is 72.5 Å². The Balaban J connectivity index is 1.80. The number of nitrogens with one attached hydrogen (secondary N) is 1. The van der Waals surface area contributed by atoms with Gasteiger partial charge in [0, 0.05) is 17.1 Å². The van der Waals surface area contributed by atoms with Crippen LogP contribution in [0.2, 0.25) is 5.02 Å². The van der Waals surface area contributed by atoms with E-state index >= 15 is 0 Å². The lowest BCUT2D eigenvalue weighted by molar-refractivity contribution is -0.134. The Morgan fingerprint density at radius 1 is 1.21 bits per heavy atom. The van der Waals surface area contributed by atoms with Crippen molar-refractivity contribution < 1.29 is 17.9 Å². The smallest absolute Gasteiger partial charge is 0.330 e. The molecule has 28 heavy (non-hydrogen) atoms. The lowest BCUT2D eigenvalue weighted by Crippen LogP contribution is -2.39. The van der Waals surface area contributed by atoms with Gasteiger partial charge in [0.15, 0.2) is 0 Å². The highest BCUT2D eigenvalue weighted by Gasteiger charge is 2.25. The first kappa shape index (κ1) is 20.6. The predicted octanol–water partition coefficient (Wildman–Crippen LogP) is 3.67. The van der Waals surface area contributed by atoms with Crippen LogP contribution >= 0.6 is 11.6 Å². The zero-order chi connectivity index (χ0) is 20.3. The van der Waals surface area contributed by atoms with Crippen LogP contribution in [-0.4, -0.2) is 27.5 Å². The molecule has 3 rings (SSSR count). The van der Waals surface area contributed by atoms with Crippen LogP contribution < -0.4 is 4.72 Å². The Morgan fingerprint density at radius 2 is 1.93 bits per heavy atom. The van der Waals surface area contributed by atoms with Crippen molar-refractivity contribution >= 4 is 33.7 Å². The Hall–Kier alpha value is -2.15. The molecule has 0 amide bonds. The second-order valence-corrected chi connectivity index (χ2v) is 8.96. The van der Waals surface area contributed by atoms with Gasteiger partial charge in [0.25, 0.3) is 0 Å². The first-order valence-corrected chi connectivity index (χ1v) is 10.8. The number of sulfonamides is 1. The third-order valence-electron chi connectivity index (χ3n) is 4.91. The van der Waals surface area contributed by atoms with Crippen molar-refractivity contribution in [3.05, 3.63) is 69.8 Å². The zero-order valence-electron chi connectivity index (χ0n) is 15.7. The van der Waals surface area contributed by atoms with Crippen LogP contribution in [0.5, 0.6) is 0 Å². The van der Waals surface area contributed by atoms with Crippen molar-refractivity contribution in [1.29, 1.82) is 0 Å². The number of carbonyl (C=O) groups is 1. The van der Waals surface area contributed by atoms with E-state index in [1.165, 1.54) is 25.3 Å². The molecule has 1 atom stereocenters. The van der Waals surface area contributed by atoms with Gasteiger partial charge in [-0.15, -0.1) is 0 Å².